The van der Waals surface area contributed by atoms with E-state index in [0.29, 0.717) is 5.56 Å². The van der Waals surface area contributed by atoms with E-state index in [0.717, 1.165) is 5.69 Å². The fourth-order valence-electron chi connectivity index (χ4n) is 3.12. The van der Waals surface area contributed by atoms with E-state index >= 15 is 0 Å². The fraction of sp³-hybridized carbons (Fsp3) is 0.0500. The monoisotopic (exact) mass is 392 g/mol. The van der Waals surface area contributed by atoms with Crippen LogP contribution in [0.3, 0.4) is 0 Å². The standard InChI is InChI=1S/C20H13BrN2O2/c21-20-17-7-3-2-6-15(17)16-10-9-14(11-18(16)20)22-12-13-5-1-4-8-19(13)23(24)25/h1-12,20H. The Hall–Kier alpha value is -2.79. The van der Waals surface area contributed by atoms with Gasteiger partial charge in [0.05, 0.1) is 21.0 Å². The quantitative estimate of drug-likeness (QED) is 0.244. The van der Waals surface area contributed by atoms with Crippen molar-refractivity contribution in [3.63, 3.8) is 0 Å². The first-order chi connectivity index (χ1) is 12.1. The number of nitrogens with zero attached hydrogens (tertiary/aromatic N) is 2. The first kappa shape index (κ1) is 15.7. The highest BCUT2D eigenvalue weighted by atomic mass is 79.9. The highest BCUT2D eigenvalue weighted by Gasteiger charge is 2.26. The molecule has 0 fully saturated rings. The maximum atomic E-state index is 11.1. The molecule has 4 nitrogen and oxygen atoms in total. The molecule has 122 valence electrons. The second-order valence-electron chi connectivity index (χ2n) is 5.80. The number of halogens is 1. The molecular weight excluding hydrogens is 380 g/mol. The van der Waals surface area contributed by atoms with Crippen LogP contribution in [0.25, 0.3) is 11.1 Å². The summed E-state index contributed by atoms with van der Waals surface area (Å²) >= 11 is 3.76. The van der Waals surface area contributed by atoms with Crippen LogP contribution in [0, 0.1) is 10.1 Å². The number of hydrogen-bond donors (Lipinski definition) is 0. The molecular formula is C20H13BrN2O2. The van der Waals surface area contributed by atoms with E-state index in [2.05, 4.69) is 39.1 Å². The Bertz CT molecular complexity index is 1010. The van der Waals surface area contributed by atoms with Crippen molar-refractivity contribution in [2.75, 3.05) is 0 Å². The second-order valence-corrected chi connectivity index (χ2v) is 6.71. The lowest BCUT2D eigenvalue weighted by Gasteiger charge is -2.05. The molecule has 0 aliphatic heterocycles. The lowest BCUT2D eigenvalue weighted by atomic mass is 10.1. The molecule has 0 heterocycles. The van der Waals surface area contributed by atoms with Gasteiger partial charge in [-0.05, 0) is 40.5 Å². The number of aliphatic imine (C=N–C) groups is 1. The molecule has 3 aromatic rings. The van der Waals surface area contributed by atoms with Crippen molar-refractivity contribution in [1.82, 2.24) is 0 Å². The molecule has 0 bridgehead atoms. The second kappa shape index (κ2) is 6.26. The zero-order valence-corrected chi connectivity index (χ0v) is 14.7. The van der Waals surface area contributed by atoms with E-state index in [1.54, 1.807) is 24.4 Å². The summed E-state index contributed by atoms with van der Waals surface area (Å²) in [5, 5.41) is 11.1. The molecule has 25 heavy (non-hydrogen) atoms. The molecule has 1 aliphatic rings. The van der Waals surface area contributed by atoms with Gasteiger partial charge in [-0.1, -0.05) is 58.4 Å². The summed E-state index contributed by atoms with van der Waals surface area (Å²) in [6.45, 7) is 0. The summed E-state index contributed by atoms with van der Waals surface area (Å²) < 4.78 is 0. The molecule has 0 saturated carbocycles. The summed E-state index contributed by atoms with van der Waals surface area (Å²) in [5.41, 5.74) is 6.16. The van der Waals surface area contributed by atoms with Gasteiger partial charge in [0.25, 0.3) is 5.69 Å². The van der Waals surface area contributed by atoms with Crippen molar-refractivity contribution >= 4 is 33.5 Å². The zero-order chi connectivity index (χ0) is 17.4. The lowest BCUT2D eigenvalue weighted by molar-refractivity contribution is -0.385. The first-order valence-electron chi connectivity index (χ1n) is 7.80. The Labute approximate surface area is 153 Å². The van der Waals surface area contributed by atoms with Crippen molar-refractivity contribution in [3.8, 4) is 11.1 Å². The Morgan fingerprint density at radius 2 is 1.68 bits per heavy atom. The topological polar surface area (TPSA) is 55.5 Å². The Morgan fingerprint density at radius 1 is 0.960 bits per heavy atom. The summed E-state index contributed by atoms with van der Waals surface area (Å²) in [5.74, 6) is 0. The fourth-order valence-corrected chi connectivity index (χ4v) is 3.90. The van der Waals surface area contributed by atoms with Crippen molar-refractivity contribution in [1.29, 1.82) is 0 Å². The van der Waals surface area contributed by atoms with E-state index in [1.165, 1.54) is 28.3 Å². The van der Waals surface area contributed by atoms with Crippen LogP contribution in [0.15, 0.2) is 71.7 Å². The van der Waals surface area contributed by atoms with E-state index in [1.807, 2.05) is 24.3 Å². The van der Waals surface area contributed by atoms with E-state index in [4.69, 9.17) is 0 Å². The minimum Gasteiger partial charge on any atom is -0.258 e. The van der Waals surface area contributed by atoms with Crippen LogP contribution in [-0.4, -0.2) is 11.1 Å². The number of hydrogen-bond acceptors (Lipinski definition) is 3. The molecule has 1 aliphatic carbocycles. The Kier molecular flexibility index (Phi) is 3.93. The SMILES string of the molecule is O=[N+]([O-])c1ccccc1C=Nc1ccc2c(c1)C(Br)c1ccccc1-2. The molecule has 0 radical (unpaired) electrons. The number of fused-ring (bicyclic) bond motifs is 3. The molecule has 1 unspecified atom stereocenters. The van der Waals surface area contributed by atoms with Crippen LogP contribution in [0.4, 0.5) is 11.4 Å². The van der Waals surface area contributed by atoms with Gasteiger partial charge in [0.2, 0.25) is 0 Å². The summed E-state index contributed by atoms with van der Waals surface area (Å²) in [4.78, 5) is 15.3. The van der Waals surface area contributed by atoms with Crippen molar-refractivity contribution in [2.45, 2.75) is 4.83 Å². The Morgan fingerprint density at radius 3 is 2.52 bits per heavy atom. The highest BCUT2D eigenvalue weighted by molar-refractivity contribution is 9.09. The molecule has 0 N–H and O–H groups in total. The predicted molar refractivity (Wildman–Crippen MR) is 103 cm³/mol. The molecule has 0 spiro atoms. The Balaban J connectivity index is 1.70. The number of para-hydroxylation sites is 1. The summed E-state index contributed by atoms with van der Waals surface area (Å²) in [6, 6.07) is 20.9. The molecule has 0 aromatic heterocycles. The van der Waals surface area contributed by atoms with Gasteiger partial charge >= 0.3 is 0 Å². The number of benzene rings is 3. The van der Waals surface area contributed by atoms with Crippen LogP contribution in [-0.2, 0) is 0 Å². The number of alkyl halides is 1. The molecule has 0 saturated heterocycles. The van der Waals surface area contributed by atoms with Gasteiger partial charge in [-0.3, -0.25) is 15.1 Å². The minimum atomic E-state index is -0.394. The molecule has 5 heteroatoms. The molecule has 0 amide bonds. The van der Waals surface area contributed by atoms with Gasteiger partial charge in [0.15, 0.2) is 0 Å². The van der Waals surface area contributed by atoms with Crippen LogP contribution >= 0.6 is 15.9 Å². The van der Waals surface area contributed by atoms with Crippen LogP contribution in [0.5, 0.6) is 0 Å². The third kappa shape index (κ3) is 2.76. The number of nitro benzene ring substituents is 1. The zero-order valence-electron chi connectivity index (χ0n) is 13.1. The average Bonchev–Trinajstić information content (AvgIpc) is 2.93. The third-order valence-corrected chi connectivity index (χ3v) is 5.30. The molecule has 1 atom stereocenters. The van der Waals surface area contributed by atoms with Crippen LogP contribution in [0.1, 0.15) is 21.5 Å². The van der Waals surface area contributed by atoms with E-state index < -0.39 is 4.92 Å². The van der Waals surface area contributed by atoms with Gasteiger partial charge in [-0.2, -0.15) is 0 Å². The van der Waals surface area contributed by atoms with E-state index in [-0.39, 0.29) is 10.5 Å². The van der Waals surface area contributed by atoms with Crippen molar-refractivity contribution in [2.24, 2.45) is 4.99 Å². The highest BCUT2D eigenvalue weighted by Crippen LogP contribution is 2.48. The van der Waals surface area contributed by atoms with Gasteiger partial charge in [0.1, 0.15) is 0 Å². The summed E-state index contributed by atoms with van der Waals surface area (Å²) in [6.07, 6.45) is 1.55. The van der Waals surface area contributed by atoms with Gasteiger partial charge in [-0.15, -0.1) is 0 Å². The largest absolute Gasteiger partial charge is 0.278 e. The normalized spacial score (nSPS) is 15.2. The minimum absolute atomic E-state index is 0.0539. The number of rotatable bonds is 3. The predicted octanol–water partition coefficient (Wildman–Crippen LogP) is 5.81. The maximum Gasteiger partial charge on any atom is 0.278 e. The van der Waals surface area contributed by atoms with Crippen molar-refractivity contribution in [3.05, 3.63) is 93.5 Å². The van der Waals surface area contributed by atoms with Crippen molar-refractivity contribution < 1.29 is 4.92 Å². The molecule has 3 aromatic carbocycles. The van der Waals surface area contributed by atoms with E-state index in [9.17, 15) is 10.1 Å². The lowest BCUT2D eigenvalue weighted by Crippen LogP contribution is -1.93. The van der Waals surface area contributed by atoms with Crippen LogP contribution < -0.4 is 0 Å². The van der Waals surface area contributed by atoms with Crippen LogP contribution in [0.2, 0.25) is 0 Å². The first-order valence-corrected chi connectivity index (χ1v) is 8.71. The summed E-state index contributed by atoms with van der Waals surface area (Å²) in [7, 11) is 0. The van der Waals surface area contributed by atoms with Gasteiger partial charge < -0.3 is 0 Å². The van der Waals surface area contributed by atoms with Gasteiger partial charge in [-0.25, -0.2) is 0 Å². The number of nitro groups is 1. The molecule has 4 rings (SSSR count). The smallest absolute Gasteiger partial charge is 0.258 e. The maximum absolute atomic E-state index is 11.1. The average molecular weight is 393 g/mol. The third-order valence-electron chi connectivity index (χ3n) is 4.32. The van der Waals surface area contributed by atoms with Gasteiger partial charge in [0, 0.05) is 12.3 Å².